The molecule has 0 bridgehead atoms. The van der Waals surface area contributed by atoms with Gasteiger partial charge in [-0.1, -0.05) is 0 Å². The molecule has 94 valence electrons. The third kappa shape index (κ3) is 5.02. The number of hydrogen-bond acceptors (Lipinski definition) is 2. The number of unbranched alkanes of at least 4 members (excludes halogenated alkanes) is 1. The quantitative estimate of drug-likeness (QED) is 0.554. The molecule has 0 aliphatic rings. The maximum atomic E-state index is 5.27. The first-order valence-electron chi connectivity index (χ1n) is 5.82. The molecule has 0 heterocycles. The van der Waals surface area contributed by atoms with E-state index in [0.717, 1.165) is 11.5 Å². The van der Waals surface area contributed by atoms with Gasteiger partial charge in [0.1, 0.15) is 0 Å². The molecule has 0 amide bonds. The molecule has 0 unspecified atom stereocenters. The number of hydrogen-bond donors (Lipinski definition) is 0. The van der Waals surface area contributed by atoms with E-state index >= 15 is 0 Å². The van der Waals surface area contributed by atoms with E-state index < -0.39 is 0 Å². The molecule has 0 saturated carbocycles. The molecule has 17 heavy (non-hydrogen) atoms. The van der Waals surface area contributed by atoms with Gasteiger partial charge in [0.15, 0.2) is 0 Å². The second-order valence-corrected chi connectivity index (χ2v) is 6.53. The molecule has 3 heteroatoms. The molecule has 0 aliphatic heterocycles. The van der Waals surface area contributed by atoms with E-state index in [2.05, 4.69) is 23.2 Å². The molecule has 0 aliphatic carbocycles. The zero-order valence-electron chi connectivity index (χ0n) is 10.7. The van der Waals surface area contributed by atoms with E-state index in [1.54, 1.807) is 14.2 Å². The molecule has 0 aromatic heterocycles. The average molecular weight is 348 g/mol. The van der Waals surface area contributed by atoms with Crippen molar-refractivity contribution in [2.45, 2.75) is 24.2 Å². The predicted octanol–water partition coefficient (Wildman–Crippen LogP) is 3.60. The Labute approximate surface area is 114 Å². The summed E-state index contributed by atoms with van der Waals surface area (Å²) in [5, 5.41) is 0. The van der Waals surface area contributed by atoms with Gasteiger partial charge in [0.25, 0.3) is 0 Å². The van der Waals surface area contributed by atoms with Crippen LogP contribution in [0.25, 0.3) is 6.08 Å². The van der Waals surface area contributed by atoms with E-state index in [4.69, 9.17) is 9.47 Å². The normalized spacial score (nSPS) is 10.8. The second kappa shape index (κ2) is 8.44. The van der Waals surface area contributed by atoms with Gasteiger partial charge in [0.2, 0.25) is 0 Å². The minimum absolute atomic E-state index is 0.0453. The Hall–Kier alpha value is -0.650. The van der Waals surface area contributed by atoms with Crippen molar-refractivity contribution in [2.24, 2.45) is 0 Å². The van der Waals surface area contributed by atoms with Crippen molar-refractivity contribution in [1.29, 1.82) is 0 Å². The molecular weight excluding hydrogens is 328 g/mol. The Bertz CT molecular complexity index is 361. The van der Waals surface area contributed by atoms with Crippen LogP contribution in [0.3, 0.4) is 0 Å². The van der Waals surface area contributed by atoms with Crippen molar-refractivity contribution < 1.29 is 9.47 Å². The first-order valence-corrected chi connectivity index (χ1v) is 8.81. The van der Waals surface area contributed by atoms with E-state index in [1.807, 2.05) is 12.1 Å². The summed E-state index contributed by atoms with van der Waals surface area (Å²) in [6, 6.07) is 6.03. The number of methoxy groups -OCH3 is 2. The van der Waals surface area contributed by atoms with E-state index in [9.17, 15) is 0 Å². The van der Waals surface area contributed by atoms with Crippen molar-refractivity contribution in [3.63, 3.8) is 0 Å². The fourth-order valence-corrected chi connectivity index (χ4v) is 3.79. The topological polar surface area (TPSA) is 18.5 Å². The van der Waals surface area contributed by atoms with Gasteiger partial charge in [0.05, 0.1) is 0 Å². The molecular formula is C14H20O2Te. The Morgan fingerprint density at radius 1 is 1.18 bits per heavy atom. The number of benzene rings is 1. The summed E-state index contributed by atoms with van der Waals surface area (Å²) in [6.07, 6.45) is 4.85. The van der Waals surface area contributed by atoms with Gasteiger partial charge in [-0.15, -0.1) is 0 Å². The third-order valence-electron chi connectivity index (χ3n) is 2.38. The first-order chi connectivity index (χ1) is 8.31. The predicted molar refractivity (Wildman–Crippen MR) is 74.0 cm³/mol. The third-order valence-corrected chi connectivity index (χ3v) is 4.81. The Morgan fingerprint density at radius 3 is 2.59 bits per heavy atom. The summed E-state index contributed by atoms with van der Waals surface area (Å²) < 4.78 is 14.2. The Balaban J connectivity index is 2.59. The summed E-state index contributed by atoms with van der Waals surface area (Å²) in [4.78, 5) is 0. The van der Waals surface area contributed by atoms with Crippen LogP contribution in [0.15, 0.2) is 22.3 Å². The van der Waals surface area contributed by atoms with Crippen LogP contribution in [0.5, 0.6) is 11.5 Å². The molecule has 0 fully saturated rings. The molecule has 1 rings (SSSR count). The van der Waals surface area contributed by atoms with Crippen molar-refractivity contribution in [2.75, 3.05) is 14.2 Å². The number of rotatable bonds is 7. The summed E-state index contributed by atoms with van der Waals surface area (Å²) in [6.45, 7) is 2.24. The fourth-order valence-electron chi connectivity index (χ4n) is 1.38. The van der Waals surface area contributed by atoms with Crippen LogP contribution in [0.4, 0.5) is 0 Å². The fraction of sp³-hybridized carbons (Fsp3) is 0.429. The van der Waals surface area contributed by atoms with E-state index in [-0.39, 0.29) is 20.9 Å². The van der Waals surface area contributed by atoms with Crippen molar-refractivity contribution in [1.82, 2.24) is 0 Å². The molecule has 0 spiro atoms. The monoisotopic (exact) mass is 350 g/mol. The van der Waals surface area contributed by atoms with Crippen LogP contribution in [-0.2, 0) is 0 Å². The molecule has 0 N–H and O–H groups in total. The SMILES string of the molecule is CCCC[Te]/C=C\c1ccc(OC)c(OC)c1. The van der Waals surface area contributed by atoms with Gasteiger partial charge in [-0.3, -0.25) is 0 Å². The standard InChI is InChI=1S/C14H20O2Te/c1-4-5-9-17-10-8-12-6-7-13(15-2)14(11-12)16-3/h6-8,10-11H,4-5,9H2,1-3H3/b10-8-. The molecule has 1 aromatic rings. The van der Waals surface area contributed by atoms with Gasteiger partial charge in [-0.25, -0.2) is 0 Å². The summed E-state index contributed by atoms with van der Waals surface area (Å²) >= 11 is 0.0453. The van der Waals surface area contributed by atoms with Crippen LogP contribution in [0.2, 0.25) is 4.47 Å². The zero-order valence-corrected chi connectivity index (χ0v) is 13.1. The van der Waals surface area contributed by atoms with Gasteiger partial charge < -0.3 is 0 Å². The van der Waals surface area contributed by atoms with Crippen LogP contribution < -0.4 is 9.47 Å². The van der Waals surface area contributed by atoms with Gasteiger partial charge in [-0.2, -0.15) is 0 Å². The van der Waals surface area contributed by atoms with Gasteiger partial charge >= 0.3 is 114 Å². The molecule has 1 aromatic carbocycles. The molecule has 0 radical (unpaired) electrons. The Morgan fingerprint density at radius 2 is 1.94 bits per heavy atom. The zero-order chi connectivity index (χ0) is 12.5. The summed E-state index contributed by atoms with van der Waals surface area (Å²) in [5.41, 5.74) is 1.18. The second-order valence-electron chi connectivity index (χ2n) is 3.64. The maximum absolute atomic E-state index is 5.27. The van der Waals surface area contributed by atoms with Crippen molar-refractivity contribution >= 4 is 27.0 Å². The van der Waals surface area contributed by atoms with E-state index in [0.29, 0.717) is 0 Å². The van der Waals surface area contributed by atoms with Crippen molar-refractivity contribution in [3.8, 4) is 11.5 Å². The molecule has 2 nitrogen and oxygen atoms in total. The Kier molecular flexibility index (Phi) is 7.16. The van der Waals surface area contributed by atoms with Crippen LogP contribution in [0.1, 0.15) is 25.3 Å². The van der Waals surface area contributed by atoms with Gasteiger partial charge in [0, 0.05) is 0 Å². The minimum atomic E-state index is 0.0453. The van der Waals surface area contributed by atoms with Crippen LogP contribution >= 0.6 is 0 Å². The van der Waals surface area contributed by atoms with Crippen molar-refractivity contribution in [3.05, 3.63) is 27.9 Å². The first kappa shape index (κ1) is 14.4. The van der Waals surface area contributed by atoms with Crippen LogP contribution in [0, 0.1) is 0 Å². The molecule has 0 saturated heterocycles. The van der Waals surface area contributed by atoms with Crippen LogP contribution in [-0.4, -0.2) is 35.1 Å². The molecule has 0 atom stereocenters. The average Bonchev–Trinajstić information content (AvgIpc) is 2.38. The number of ether oxygens (including phenoxy) is 2. The van der Waals surface area contributed by atoms with E-state index in [1.165, 1.54) is 22.9 Å². The summed E-state index contributed by atoms with van der Waals surface area (Å²) in [5.74, 6) is 1.58. The summed E-state index contributed by atoms with van der Waals surface area (Å²) in [7, 11) is 3.32. The van der Waals surface area contributed by atoms with Gasteiger partial charge in [-0.05, 0) is 0 Å².